The number of aryl methyl sites for hydroxylation is 1. The summed E-state index contributed by atoms with van der Waals surface area (Å²) in [5, 5.41) is 3.12. The van der Waals surface area contributed by atoms with Crippen LogP contribution in [0.4, 0.5) is 5.13 Å². The highest BCUT2D eigenvalue weighted by Crippen LogP contribution is 2.30. The van der Waals surface area contributed by atoms with Crippen molar-refractivity contribution in [3.63, 3.8) is 0 Å². The molecule has 1 aliphatic carbocycles. The van der Waals surface area contributed by atoms with Gasteiger partial charge in [0.15, 0.2) is 29.0 Å². The van der Waals surface area contributed by atoms with Gasteiger partial charge in [-0.3, -0.25) is 14.9 Å². The molecular weight excluding hydrogens is 316 g/mol. The normalized spacial score (nSPS) is 13.3. The highest BCUT2D eigenvalue weighted by Gasteiger charge is 2.22. The monoisotopic (exact) mass is 332 g/mol. The van der Waals surface area contributed by atoms with Crippen LogP contribution in [0, 0.1) is 0 Å². The maximum Gasteiger partial charge on any atom is 0.264 e. The number of anilines is 1. The molecule has 2 aromatic rings. The maximum absolute atomic E-state index is 12.0. The smallest absolute Gasteiger partial charge is 0.264 e. The number of para-hydroxylation sites is 2. The van der Waals surface area contributed by atoms with Crippen molar-refractivity contribution in [2.24, 2.45) is 0 Å². The molecule has 0 aliphatic heterocycles. The molecule has 0 atom stereocenters. The quantitative estimate of drug-likeness (QED) is 0.911. The second kappa shape index (κ2) is 6.78. The Hall–Kier alpha value is -2.41. The number of benzene rings is 1. The third-order valence-electron chi connectivity index (χ3n) is 3.44. The first-order valence-electron chi connectivity index (χ1n) is 7.26. The summed E-state index contributed by atoms with van der Waals surface area (Å²) >= 11 is 1.23. The van der Waals surface area contributed by atoms with Crippen LogP contribution in [-0.2, 0) is 11.2 Å². The molecule has 0 fully saturated rings. The Kier molecular flexibility index (Phi) is 4.57. The van der Waals surface area contributed by atoms with E-state index in [1.54, 1.807) is 25.3 Å². The summed E-state index contributed by atoms with van der Waals surface area (Å²) in [6.07, 6.45) is 2.16. The number of ether oxygens (including phenoxy) is 2. The van der Waals surface area contributed by atoms with Crippen molar-refractivity contribution in [2.45, 2.75) is 19.3 Å². The molecule has 0 bridgehead atoms. The van der Waals surface area contributed by atoms with Gasteiger partial charge in [-0.1, -0.05) is 23.5 Å². The molecule has 1 heterocycles. The fraction of sp³-hybridized carbons (Fsp3) is 0.312. The zero-order valence-corrected chi connectivity index (χ0v) is 13.4. The molecule has 1 amide bonds. The van der Waals surface area contributed by atoms with E-state index < -0.39 is 0 Å². The molecule has 0 spiro atoms. The van der Waals surface area contributed by atoms with E-state index in [2.05, 4.69) is 10.3 Å². The summed E-state index contributed by atoms with van der Waals surface area (Å²) in [7, 11) is 1.54. The number of ketones is 1. The number of Topliss-reactive ketones (excluding diaryl/α,β-unsaturated/α-hetero) is 1. The summed E-state index contributed by atoms with van der Waals surface area (Å²) in [6, 6.07) is 7.11. The van der Waals surface area contributed by atoms with Crippen LogP contribution in [0.15, 0.2) is 24.3 Å². The van der Waals surface area contributed by atoms with Crippen molar-refractivity contribution in [3.05, 3.63) is 34.8 Å². The minimum absolute atomic E-state index is 0.106. The van der Waals surface area contributed by atoms with Gasteiger partial charge in [-0.2, -0.15) is 0 Å². The summed E-state index contributed by atoms with van der Waals surface area (Å²) in [4.78, 5) is 28.7. The molecule has 0 saturated heterocycles. The van der Waals surface area contributed by atoms with Gasteiger partial charge in [0.1, 0.15) is 0 Å². The van der Waals surface area contributed by atoms with E-state index in [-0.39, 0.29) is 18.3 Å². The molecule has 0 unspecified atom stereocenters. The Morgan fingerprint density at radius 1 is 1.30 bits per heavy atom. The Bertz CT molecular complexity index is 741. The van der Waals surface area contributed by atoms with Gasteiger partial charge in [0.25, 0.3) is 5.91 Å². The van der Waals surface area contributed by atoms with Gasteiger partial charge >= 0.3 is 0 Å². The van der Waals surface area contributed by atoms with Crippen molar-refractivity contribution < 1.29 is 19.1 Å². The number of hydrogen-bond acceptors (Lipinski definition) is 6. The molecule has 1 aliphatic rings. The lowest BCUT2D eigenvalue weighted by Gasteiger charge is -2.09. The lowest BCUT2D eigenvalue weighted by molar-refractivity contribution is -0.118. The van der Waals surface area contributed by atoms with E-state index in [1.807, 2.05) is 6.07 Å². The number of thiazole rings is 1. The minimum Gasteiger partial charge on any atom is -0.493 e. The van der Waals surface area contributed by atoms with Crippen molar-refractivity contribution >= 4 is 28.2 Å². The van der Waals surface area contributed by atoms with E-state index in [0.29, 0.717) is 27.9 Å². The van der Waals surface area contributed by atoms with Crippen molar-refractivity contribution in [2.75, 3.05) is 19.0 Å². The molecule has 7 heteroatoms. The average molecular weight is 332 g/mol. The Morgan fingerprint density at radius 3 is 2.83 bits per heavy atom. The number of amides is 1. The first kappa shape index (κ1) is 15.5. The topological polar surface area (TPSA) is 77.5 Å². The van der Waals surface area contributed by atoms with Gasteiger partial charge in [0.05, 0.1) is 17.7 Å². The van der Waals surface area contributed by atoms with Gasteiger partial charge in [0.2, 0.25) is 0 Å². The molecule has 1 N–H and O–H groups in total. The van der Waals surface area contributed by atoms with Crippen LogP contribution in [0.1, 0.15) is 28.2 Å². The predicted octanol–water partition coefficient (Wildman–Crippen LogP) is 2.69. The maximum atomic E-state index is 12.0. The molecule has 23 heavy (non-hydrogen) atoms. The number of carbonyl (C=O) groups excluding carboxylic acids is 2. The molecule has 0 saturated carbocycles. The lowest BCUT2D eigenvalue weighted by atomic mass is 10.0. The zero-order valence-electron chi connectivity index (χ0n) is 12.6. The third kappa shape index (κ3) is 3.50. The zero-order chi connectivity index (χ0) is 16.2. The largest absolute Gasteiger partial charge is 0.493 e. The number of carbonyl (C=O) groups is 2. The molecule has 0 radical (unpaired) electrons. The highest BCUT2D eigenvalue weighted by atomic mass is 32.1. The summed E-state index contributed by atoms with van der Waals surface area (Å²) in [5.74, 6) is 0.846. The van der Waals surface area contributed by atoms with Crippen LogP contribution in [0.2, 0.25) is 0 Å². The molecular formula is C16H16N2O4S. The Morgan fingerprint density at radius 2 is 2.09 bits per heavy atom. The van der Waals surface area contributed by atoms with E-state index >= 15 is 0 Å². The van der Waals surface area contributed by atoms with Crippen LogP contribution >= 0.6 is 11.3 Å². The standard InChI is InChI=1S/C16H16N2O4S/c1-21-12-7-2-3-8-13(12)22-9-14(20)18-16-17-10-5-4-6-11(19)15(10)23-16/h2-3,7-8H,4-6,9H2,1H3,(H,17,18,20). The number of nitrogens with one attached hydrogen (secondary N) is 1. The summed E-state index contributed by atoms with van der Waals surface area (Å²) < 4.78 is 10.6. The van der Waals surface area contributed by atoms with Gasteiger partial charge in [-0.05, 0) is 25.0 Å². The van der Waals surface area contributed by atoms with E-state index in [0.717, 1.165) is 18.5 Å². The molecule has 1 aromatic carbocycles. The van der Waals surface area contributed by atoms with Crippen molar-refractivity contribution in [1.29, 1.82) is 0 Å². The molecule has 1 aromatic heterocycles. The molecule has 6 nitrogen and oxygen atoms in total. The fourth-order valence-electron chi connectivity index (χ4n) is 2.36. The number of aromatic nitrogens is 1. The first-order valence-corrected chi connectivity index (χ1v) is 8.07. The Balaban J connectivity index is 1.61. The molecule has 120 valence electrons. The van der Waals surface area contributed by atoms with Crippen LogP contribution in [-0.4, -0.2) is 30.4 Å². The third-order valence-corrected chi connectivity index (χ3v) is 4.50. The van der Waals surface area contributed by atoms with Crippen LogP contribution < -0.4 is 14.8 Å². The second-order valence-electron chi connectivity index (χ2n) is 5.06. The van der Waals surface area contributed by atoms with Crippen molar-refractivity contribution in [3.8, 4) is 11.5 Å². The van der Waals surface area contributed by atoms with Crippen molar-refractivity contribution in [1.82, 2.24) is 4.98 Å². The highest BCUT2D eigenvalue weighted by molar-refractivity contribution is 7.17. The van der Waals surface area contributed by atoms with Gasteiger partial charge in [0, 0.05) is 6.42 Å². The summed E-state index contributed by atoms with van der Waals surface area (Å²) in [5.41, 5.74) is 0.784. The number of fused-ring (bicyclic) bond motifs is 1. The number of methoxy groups -OCH3 is 1. The predicted molar refractivity (Wildman–Crippen MR) is 86.5 cm³/mol. The average Bonchev–Trinajstić information content (AvgIpc) is 2.97. The van der Waals surface area contributed by atoms with Gasteiger partial charge in [-0.15, -0.1) is 0 Å². The molecule has 3 rings (SSSR count). The minimum atomic E-state index is -0.325. The van der Waals surface area contributed by atoms with E-state index in [4.69, 9.17) is 9.47 Å². The second-order valence-corrected chi connectivity index (χ2v) is 6.06. The fourth-order valence-corrected chi connectivity index (χ4v) is 3.35. The number of nitrogens with zero attached hydrogens (tertiary/aromatic N) is 1. The van der Waals surface area contributed by atoms with Gasteiger partial charge < -0.3 is 9.47 Å². The Labute approximate surface area is 137 Å². The summed E-state index contributed by atoms with van der Waals surface area (Å²) in [6.45, 7) is -0.154. The van der Waals surface area contributed by atoms with E-state index in [9.17, 15) is 9.59 Å². The SMILES string of the molecule is COc1ccccc1OCC(=O)Nc1nc2c(s1)C(=O)CCC2. The van der Waals surface area contributed by atoms with Crippen LogP contribution in [0.3, 0.4) is 0 Å². The first-order chi connectivity index (χ1) is 11.2. The number of hydrogen-bond donors (Lipinski definition) is 1. The van der Waals surface area contributed by atoms with E-state index in [1.165, 1.54) is 11.3 Å². The number of rotatable bonds is 5. The van der Waals surface area contributed by atoms with Crippen LogP contribution in [0.5, 0.6) is 11.5 Å². The van der Waals surface area contributed by atoms with Gasteiger partial charge in [-0.25, -0.2) is 4.98 Å². The lowest BCUT2D eigenvalue weighted by Crippen LogP contribution is -2.20. The van der Waals surface area contributed by atoms with Crippen LogP contribution in [0.25, 0.3) is 0 Å².